The second-order valence-electron chi connectivity index (χ2n) is 6.62. The van der Waals surface area contributed by atoms with E-state index >= 15 is 0 Å². The van der Waals surface area contributed by atoms with Crippen LogP contribution in [0.1, 0.15) is 18.9 Å². The first-order valence-corrected chi connectivity index (χ1v) is 8.92. The van der Waals surface area contributed by atoms with Crippen LogP contribution in [0.15, 0.2) is 66.9 Å². The van der Waals surface area contributed by atoms with E-state index in [2.05, 4.69) is 34.6 Å². The molecule has 1 atom stereocenters. The van der Waals surface area contributed by atoms with Gasteiger partial charge in [-0.05, 0) is 37.0 Å². The molecule has 2 aromatic carbocycles. The Balaban J connectivity index is 1.81. The van der Waals surface area contributed by atoms with Crippen LogP contribution in [0.3, 0.4) is 0 Å². The number of pyridine rings is 1. The molecule has 0 spiro atoms. The number of amides is 1. The molecule has 1 amide bonds. The van der Waals surface area contributed by atoms with E-state index in [1.54, 1.807) is 6.20 Å². The number of nitrogen functional groups attached to an aromatic ring is 1. The van der Waals surface area contributed by atoms with Crippen LogP contribution in [-0.2, 0) is 6.42 Å². The quantitative estimate of drug-likeness (QED) is 0.599. The summed E-state index contributed by atoms with van der Waals surface area (Å²) in [6, 6.07) is 20.2. The number of carboxylic acid groups (broad SMARTS) is 1. The van der Waals surface area contributed by atoms with E-state index in [-0.39, 0.29) is 6.04 Å². The number of hydrogen-bond donors (Lipinski definition) is 3. The summed E-state index contributed by atoms with van der Waals surface area (Å²) in [5, 5.41) is 11.2. The lowest BCUT2D eigenvalue weighted by Gasteiger charge is -2.12. The molecule has 0 bridgehead atoms. The number of benzene rings is 2. The third kappa shape index (κ3) is 4.85. The Morgan fingerprint density at radius 2 is 1.81 bits per heavy atom. The van der Waals surface area contributed by atoms with Crippen molar-refractivity contribution in [2.24, 2.45) is 0 Å². The fourth-order valence-electron chi connectivity index (χ4n) is 3.04. The molecule has 0 saturated heterocycles. The van der Waals surface area contributed by atoms with Gasteiger partial charge < -0.3 is 16.2 Å². The Morgan fingerprint density at radius 3 is 2.48 bits per heavy atom. The van der Waals surface area contributed by atoms with Gasteiger partial charge in [-0.25, -0.2) is 4.79 Å². The summed E-state index contributed by atoms with van der Waals surface area (Å²) in [7, 11) is 0. The van der Waals surface area contributed by atoms with Gasteiger partial charge in [-0.15, -0.1) is 0 Å². The second kappa shape index (κ2) is 8.36. The highest BCUT2D eigenvalue weighted by Gasteiger charge is 2.10. The molecule has 0 aliphatic heterocycles. The van der Waals surface area contributed by atoms with Crippen LogP contribution in [0.25, 0.3) is 22.4 Å². The van der Waals surface area contributed by atoms with E-state index in [0.717, 1.165) is 40.8 Å². The van der Waals surface area contributed by atoms with Crippen molar-refractivity contribution >= 4 is 11.8 Å². The molecule has 0 aliphatic rings. The predicted octanol–water partition coefficient (Wildman–Crippen LogP) is 4.59. The smallest absolute Gasteiger partial charge is 0.404 e. The molecular formula is C22H23N3O2. The molecule has 0 aliphatic carbocycles. The molecule has 5 nitrogen and oxygen atoms in total. The number of carbonyl (C=O) groups is 1. The molecule has 27 heavy (non-hydrogen) atoms. The zero-order chi connectivity index (χ0) is 19.2. The molecule has 5 heteroatoms. The zero-order valence-corrected chi connectivity index (χ0v) is 15.2. The van der Waals surface area contributed by atoms with Crippen LogP contribution in [0.2, 0.25) is 0 Å². The van der Waals surface area contributed by atoms with Gasteiger partial charge in [0.25, 0.3) is 0 Å². The number of aryl methyl sites for hydroxylation is 1. The highest BCUT2D eigenvalue weighted by molar-refractivity contribution is 5.82. The van der Waals surface area contributed by atoms with Gasteiger partial charge in [0.2, 0.25) is 0 Å². The fourth-order valence-corrected chi connectivity index (χ4v) is 3.04. The number of hydrogen-bond acceptors (Lipinski definition) is 3. The standard InChI is InChI=1S/C22H23N3O2/c1-15(25-22(26)27)7-8-16-9-11-18(12-10-16)21-20(13-19(23)14-24-21)17-5-3-2-4-6-17/h2-6,9-15,25H,7-8,23H2,1H3,(H,26,27)/t15-/m0/s1. The summed E-state index contributed by atoms with van der Waals surface area (Å²) < 4.78 is 0. The molecule has 1 heterocycles. The third-order valence-electron chi connectivity index (χ3n) is 4.46. The van der Waals surface area contributed by atoms with Gasteiger partial charge in [-0.3, -0.25) is 4.98 Å². The number of nitrogens with one attached hydrogen (secondary N) is 1. The van der Waals surface area contributed by atoms with E-state index < -0.39 is 6.09 Å². The van der Waals surface area contributed by atoms with Gasteiger partial charge >= 0.3 is 6.09 Å². The molecule has 0 radical (unpaired) electrons. The Bertz CT molecular complexity index is 909. The van der Waals surface area contributed by atoms with Crippen molar-refractivity contribution in [3.05, 3.63) is 72.4 Å². The van der Waals surface area contributed by atoms with Gasteiger partial charge in [-0.2, -0.15) is 0 Å². The lowest BCUT2D eigenvalue weighted by molar-refractivity contribution is 0.190. The van der Waals surface area contributed by atoms with E-state index in [9.17, 15) is 4.79 Å². The maximum absolute atomic E-state index is 10.7. The minimum atomic E-state index is -0.985. The van der Waals surface area contributed by atoms with Crippen molar-refractivity contribution in [3.63, 3.8) is 0 Å². The van der Waals surface area contributed by atoms with Gasteiger partial charge in [0.05, 0.1) is 17.6 Å². The Kier molecular flexibility index (Phi) is 5.71. The van der Waals surface area contributed by atoms with Crippen molar-refractivity contribution in [1.29, 1.82) is 0 Å². The molecule has 0 saturated carbocycles. The number of aromatic nitrogens is 1. The summed E-state index contributed by atoms with van der Waals surface area (Å²) >= 11 is 0. The molecule has 3 rings (SSSR count). The highest BCUT2D eigenvalue weighted by atomic mass is 16.4. The van der Waals surface area contributed by atoms with Gasteiger partial charge in [-0.1, -0.05) is 54.6 Å². The van der Waals surface area contributed by atoms with Crippen LogP contribution in [0.4, 0.5) is 10.5 Å². The average Bonchev–Trinajstić information content (AvgIpc) is 2.67. The van der Waals surface area contributed by atoms with Crippen molar-refractivity contribution in [3.8, 4) is 22.4 Å². The molecule has 4 N–H and O–H groups in total. The largest absolute Gasteiger partial charge is 0.465 e. The Labute approximate surface area is 158 Å². The van der Waals surface area contributed by atoms with E-state index in [1.807, 2.05) is 43.3 Å². The topological polar surface area (TPSA) is 88.2 Å². The van der Waals surface area contributed by atoms with E-state index in [1.165, 1.54) is 0 Å². The highest BCUT2D eigenvalue weighted by Crippen LogP contribution is 2.31. The van der Waals surface area contributed by atoms with Crippen LogP contribution in [0, 0.1) is 0 Å². The molecule has 0 fully saturated rings. The predicted molar refractivity (Wildman–Crippen MR) is 108 cm³/mol. The van der Waals surface area contributed by atoms with Crippen molar-refractivity contribution in [1.82, 2.24) is 10.3 Å². The summed E-state index contributed by atoms with van der Waals surface area (Å²) in [4.78, 5) is 15.2. The van der Waals surface area contributed by atoms with Crippen LogP contribution in [-0.4, -0.2) is 22.2 Å². The first kappa shape index (κ1) is 18.5. The average molecular weight is 361 g/mol. The minimum absolute atomic E-state index is 0.0781. The maximum atomic E-state index is 10.7. The lowest BCUT2D eigenvalue weighted by atomic mass is 9.97. The maximum Gasteiger partial charge on any atom is 0.404 e. The Hall–Kier alpha value is -3.34. The molecule has 138 valence electrons. The lowest BCUT2D eigenvalue weighted by Crippen LogP contribution is -2.31. The van der Waals surface area contributed by atoms with E-state index in [0.29, 0.717) is 5.69 Å². The first-order chi connectivity index (χ1) is 13.0. The fraction of sp³-hybridized carbons (Fsp3) is 0.182. The van der Waals surface area contributed by atoms with Crippen LogP contribution in [0.5, 0.6) is 0 Å². The van der Waals surface area contributed by atoms with Crippen molar-refractivity contribution in [2.45, 2.75) is 25.8 Å². The number of nitrogens with two attached hydrogens (primary N) is 1. The molecular weight excluding hydrogens is 338 g/mol. The van der Waals surface area contributed by atoms with Gasteiger partial charge in [0.1, 0.15) is 0 Å². The summed E-state index contributed by atoms with van der Waals surface area (Å²) in [6.07, 6.45) is 2.25. The first-order valence-electron chi connectivity index (χ1n) is 8.92. The summed E-state index contributed by atoms with van der Waals surface area (Å²) in [5.74, 6) is 0. The van der Waals surface area contributed by atoms with Gasteiger partial charge in [0, 0.05) is 17.2 Å². The van der Waals surface area contributed by atoms with Crippen LogP contribution < -0.4 is 11.1 Å². The Morgan fingerprint density at radius 1 is 1.11 bits per heavy atom. The second-order valence-corrected chi connectivity index (χ2v) is 6.62. The number of rotatable bonds is 6. The summed E-state index contributed by atoms with van der Waals surface area (Å²) in [6.45, 7) is 1.87. The minimum Gasteiger partial charge on any atom is -0.465 e. The van der Waals surface area contributed by atoms with Crippen molar-refractivity contribution < 1.29 is 9.90 Å². The monoisotopic (exact) mass is 361 g/mol. The molecule has 3 aromatic rings. The number of anilines is 1. The molecule has 1 aromatic heterocycles. The van der Waals surface area contributed by atoms with Crippen LogP contribution >= 0.6 is 0 Å². The molecule has 0 unspecified atom stereocenters. The van der Waals surface area contributed by atoms with E-state index in [4.69, 9.17) is 10.8 Å². The van der Waals surface area contributed by atoms with Gasteiger partial charge in [0.15, 0.2) is 0 Å². The SMILES string of the molecule is C[C@@H](CCc1ccc(-c2ncc(N)cc2-c2ccccc2)cc1)NC(=O)O. The third-order valence-corrected chi connectivity index (χ3v) is 4.46. The zero-order valence-electron chi connectivity index (χ0n) is 15.2. The van der Waals surface area contributed by atoms with Crippen molar-refractivity contribution in [2.75, 3.05) is 5.73 Å². The number of nitrogens with zero attached hydrogens (tertiary/aromatic N) is 1. The summed E-state index contributed by atoms with van der Waals surface area (Å²) in [5.41, 5.74) is 11.7. The normalized spacial score (nSPS) is 11.7.